The Bertz CT molecular complexity index is 1150. The fourth-order valence-corrected chi connectivity index (χ4v) is 3.39. The highest BCUT2D eigenvalue weighted by Gasteiger charge is 2.22. The van der Waals surface area contributed by atoms with Gasteiger partial charge in [0.1, 0.15) is 5.82 Å². The molecule has 0 atom stereocenters. The van der Waals surface area contributed by atoms with Crippen molar-refractivity contribution >= 4 is 22.4 Å². The van der Waals surface area contributed by atoms with E-state index in [0.717, 1.165) is 11.1 Å². The Balaban J connectivity index is 1.93. The highest BCUT2D eigenvalue weighted by atomic mass is 19.1. The van der Waals surface area contributed by atoms with E-state index in [4.69, 9.17) is 5.73 Å². The number of carboxylic acid groups (broad SMARTS) is 1. The fraction of sp³-hybridized carbons (Fsp3) is 0. The standard InChI is InChI=1S/C23H16FNO2/c24-21-18-9-5-4-8-17(18)20(23(26)27)22(25)19(21)16-12-10-15(11-13-16)14-6-2-1-3-7-14/h1-13H,25H2,(H,26,27). The van der Waals surface area contributed by atoms with Crippen molar-refractivity contribution in [1.82, 2.24) is 0 Å². The summed E-state index contributed by atoms with van der Waals surface area (Å²) >= 11 is 0. The first-order valence-electron chi connectivity index (χ1n) is 8.46. The van der Waals surface area contributed by atoms with Gasteiger partial charge >= 0.3 is 5.97 Å². The zero-order chi connectivity index (χ0) is 19.0. The van der Waals surface area contributed by atoms with Gasteiger partial charge in [-0.05, 0) is 16.7 Å². The van der Waals surface area contributed by atoms with Crippen LogP contribution in [0.5, 0.6) is 0 Å². The van der Waals surface area contributed by atoms with Crippen LogP contribution in [0.2, 0.25) is 0 Å². The Hall–Kier alpha value is -3.66. The van der Waals surface area contributed by atoms with Gasteiger partial charge < -0.3 is 10.8 Å². The number of carbonyl (C=O) groups is 1. The van der Waals surface area contributed by atoms with Crippen molar-refractivity contribution in [2.24, 2.45) is 0 Å². The summed E-state index contributed by atoms with van der Waals surface area (Å²) in [6.07, 6.45) is 0. The van der Waals surface area contributed by atoms with Gasteiger partial charge in [-0.25, -0.2) is 9.18 Å². The summed E-state index contributed by atoms with van der Waals surface area (Å²) in [4.78, 5) is 11.8. The third-order valence-electron chi connectivity index (χ3n) is 4.69. The lowest BCUT2D eigenvalue weighted by atomic mass is 9.92. The molecule has 0 aliphatic heterocycles. The minimum atomic E-state index is -1.18. The molecule has 0 spiro atoms. The number of hydrogen-bond acceptors (Lipinski definition) is 2. The smallest absolute Gasteiger partial charge is 0.338 e. The molecule has 4 aromatic carbocycles. The van der Waals surface area contributed by atoms with Gasteiger partial charge in [-0.3, -0.25) is 0 Å². The third-order valence-corrected chi connectivity index (χ3v) is 4.69. The maximum atomic E-state index is 15.2. The molecule has 0 aromatic heterocycles. The van der Waals surface area contributed by atoms with E-state index in [1.54, 1.807) is 36.4 Å². The Labute approximate surface area is 155 Å². The number of anilines is 1. The van der Waals surface area contributed by atoms with Crippen molar-refractivity contribution in [2.75, 3.05) is 5.73 Å². The van der Waals surface area contributed by atoms with E-state index in [1.807, 2.05) is 42.5 Å². The molecule has 4 aromatic rings. The molecular formula is C23H16FNO2. The van der Waals surface area contributed by atoms with Crippen LogP contribution < -0.4 is 5.73 Å². The van der Waals surface area contributed by atoms with Crippen LogP contribution in [0, 0.1) is 5.82 Å². The molecule has 0 unspecified atom stereocenters. The highest BCUT2D eigenvalue weighted by Crippen LogP contribution is 2.38. The Morgan fingerprint density at radius 3 is 1.89 bits per heavy atom. The molecule has 132 valence electrons. The van der Waals surface area contributed by atoms with Gasteiger partial charge in [0.05, 0.1) is 11.3 Å². The number of fused-ring (bicyclic) bond motifs is 1. The molecule has 0 fully saturated rings. The zero-order valence-electron chi connectivity index (χ0n) is 14.3. The van der Waals surface area contributed by atoms with Gasteiger partial charge in [0, 0.05) is 16.3 Å². The average molecular weight is 357 g/mol. The number of aromatic carboxylic acids is 1. The van der Waals surface area contributed by atoms with Crippen molar-refractivity contribution in [3.05, 3.63) is 90.2 Å². The predicted molar refractivity (Wildman–Crippen MR) is 106 cm³/mol. The lowest BCUT2D eigenvalue weighted by Crippen LogP contribution is -2.07. The summed E-state index contributed by atoms with van der Waals surface area (Å²) in [7, 11) is 0. The summed E-state index contributed by atoms with van der Waals surface area (Å²) in [6.45, 7) is 0. The molecule has 0 heterocycles. The first-order chi connectivity index (χ1) is 13.1. The van der Waals surface area contributed by atoms with Crippen LogP contribution >= 0.6 is 0 Å². The van der Waals surface area contributed by atoms with E-state index < -0.39 is 11.8 Å². The topological polar surface area (TPSA) is 63.3 Å². The molecule has 0 radical (unpaired) electrons. The molecule has 0 aliphatic carbocycles. The molecule has 27 heavy (non-hydrogen) atoms. The minimum Gasteiger partial charge on any atom is -0.478 e. The number of nitrogen functional groups attached to an aromatic ring is 1. The van der Waals surface area contributed by atoms with Gasteiger partial charge in [-0.1, -0.05) is 78.9 Å². The minimum absolute atomic E-state index is 0.0637. The second-order valence-electron chi connectivity index (χ2n) is 6.27. The Morgan fingerprint density at radius 1 is 0.741 bits per heavy atom. The normalized spacial score (nSPS) is 10.9. The molecule has 0 aliphatic rings. The maximum Gasteiger partial charge on any atom is 0.338 e. The van der Waals surface area contributed by atoms with Gasteiger partial charge in [0.25, 0.3) is 0 Å². The Kier molecular flexibility index (Phi) is 4.09. The molecule has 0 saturated heterocycles. The maximum absolute atomic E-state index is 15.2. The monoisotopic (exact) mass is 357 g/mol. The van der Waals surface area contributed by atoms with Gasteiger partial charge in [-0.15, -0.1) is 0 Å². The zero-order valence-corrected chi connectivity index (χ0v) is 14.3. The van der Waals surface area contributed by atoms with Crippen molar-refractivity contribution in [1.29, 1.82) is 0 Å². The van der Waals surface area contributed by atoms with Crippen LogP contribution in [0.25, 0.3) is 33.0 Å². The second-order valence-corrected chi connectivity index (χ2v) is 6.27. The lowest BCUT2D eigenvalue weighted by molar-refractivity contribution is 0.0700. The summed E-state index contributed by atoms with van der Waals surface area (Å²) in [5, 5.41) is 10.2. The largest absolute Gasteiger partial charge is 0.478 e. The molecule has 3 nitrogen and oxygen atoms in total. The first kappa shape index (κ1) is 16.8. The van der Waals surface area contributed by atoms with Crippen LogP contribution in [0.3, 0.4) is 0 Å². The van der Waals surface area contributed by atoms with Crippen molar-refractivity contribution in [2.45, 2.75) is 0 Å². The van der Waals surface area contributed by atoms with Gasteiger partial charge in [0.2, 0.25) is 0 Å². The summed E-state index contributed by atoms with van der Waals surface area (Å²) in [5.41, 5.74) is 8.66. The number of benzene rings is 4. The molecule has 0 bridgehead atoms. The number of nitrogens with two attached hydrogens (primary N) is 1. The van der Waals surface area contributed by atoms with E-state index in [0.29, 0.717) is 10.9 Å². The van der Waals surface area contributed by atoms with E-state index in [2.05, 4.69) is 0 Å². The number of hydrogen-bond donors (Lipinski definition) is 2. The van der Waals surface area contributed by atoms with Crippen LogP contribution in [0.1, 0.15) is 10.4 Å². The lowest BCUT2D eigenvalue weighted by Gasteiger charge is -2.15. The molecule has 0 saturated carbocycles. The average Bonchev–Trinajstić information content (AvgIpc) is 2.69. The molecule has 0 amide bonds. The van der Waals surface area contributed by atoms with Crippen LogP contribution in [-0.4, -0.2) is 11.1 Å². The van der Waals surface area contributed by atoms with Crippen molar-refractivity contribution < 1.29 is 14.3 Å². The second kappa shape index (κ2) is 6.57. The number of carboxylic acids is 1. The SMILES string of the molecule is Nc1c(-c2ccc(-c3ccccc3)cc2)c(F)c2ccccc2c1C(=O)O. The fourth-order valence-electron chi connectivity index (χ4n) is 3.39. The number of halogens is 1. The highest BCUT2D eigenvalue weighted by molar-refractivity contribution is 6.12. The summed E-state index contributed by atoms with van der Waals surface area (Å²) < 4.78 is 15.2. The summed E-state index contributed by atoms with van der Waals surface area (Å²) in [6, 6.07) is 23.6. The molecule has 4 rings (SSSR count). The van der Waals surface area contributed by atoms with Crippen LogP contribution in [0.15, 0.2) is 78.9 Å². The first-order valence-corrected chi connectivity index (χ1v) is 8.46. The molecule has 4 heteroatoms. The van der Waals surface area contributed by atoms with E-state index in [9.17, 15) is 9.90 Å². The van der Waals surface area contributed by atoms with Crippen LogP contribution in [-0.2, 0) is 0 Å². The predicted octanol–water partition coefficient (Wildman–Crippen LogP) is 5.59. The van der Waals surface area contributed by atoms with Gasteiger partial charge in [-0.2, -0.15) is 0 Å². The van der Waals surface area contributed by atoms with Gasteiger partial charge in [0.15, 0.2) is 0 Å². The number of rotatable bonds is 3. The van der Waals surface area contributed by atoms with E-state index >= 15 is 4.39 Å². The van der Waals surface area contributed by atoms with Crippen LogP contribution in [0.4, 0.5) is 10.1 Å². The quantitative estimate of drug-likeness (QED) is 0.470. The third kappa shape index (κ3) is 2.81. The molecule has 3 N–H and O–H groups in total. The summed E-state index contributed by atoms with van der Waals surface area (Å²) in [5.74, 6) is -1.69. The Morgan fingerprint density at radius 2 is 1.26 bits per heavy atom. The van der Waals surface area contributed by atoms with Crippen molar-refractivity contribution in [3.8, 4) is 22.3 Å². The van der Waals surface area contributed by atoms with E-state index in [1.165, 1.54) is 0 Å². The van der Waals surface area contributed by atoms with Crippen molar-refractivity contribution in [3.63, 3.8) is 0 Å². The van der Waals surface area contributed by atoms with E-state index in [-0.39, 0.29) is 22.2 Å². The molecular weight excluding hydrogens is 341 g/mol.